The van der Waals surface area contributed by atoms with E-state index >= 15 is 0 Å². The molecular formula is C17H16Cl3N3O2. The van der Waals surface area contributed by atoms with Gasteiger partial charge < -0.3 is 14.5 Å². The lowest BCUT2D eigenvalue weighted by Crippen LogP contribution is -2.50. The van der Waals surface area contributed by atoms with Gasteiger partial charge in [0.25, 0.3) is 5.91 Å². The first-order valence-electron chi connectivity index (χ1n) is 7.74. The van der Waals surface area contributed by atoms with Gasteiger partial charge in [-0.1, -0.05) is 34.8 Å². The van der Waals surface area contributed by atoms with Crippen LogP contribution in [0.1, 0.15) is 0 Å². The summed E-state index contributed by atoms with van der Waals surface area (Å²) in [6.07, 6.45) is 3.53. The van der Waals surface area contributed by atoms with Crippen LogP contribution in [0.3, 0.4) is 0 Å². The number of hydrogen-bond acceptors (Lipinski definition) is 4. The second kappa shape index (κ2) is 8.13. The van der Waals surface area contributed by atoms with Gasteiger partial charge in [0.05, 0.1) is 15.1 Å². The van der Waals surface area contributed by atoms with Crippen molar-refractivity contribution >= 4 is 46.4 Å². The summed E-state index contributed by atoms with van der Waals surface area (Å²) in [6.45, 7) is 2.72. The number of aromatic nitrogens is 1. The standard InChI is InChI=1S/C17H16Cl3N3O2/c18-13-9-15(20)16(10-14(13)19)25-11-17(24)23-7-5-22(6-8-23)12-1-3-21-4-2-12/h1-4,9-10H,5-8,11H2. The number of pyridine rings is 1. The van der Waals surface area contributed by atoms with Gasteiger partial charge in [-0.3, -0.25) is 9.78 Å². The number of anilines is 1. The van der Waals surface area contributed by atoms with Crippen molar-refractivity contribution < 1.29 is 9.53 Å². The molecule has 0 unspecified atom stereocenters. The van der Waals surface area contributed by atoms with Gasteiger partial charge in [0.15, 0.2) is 6.61 Å². The summed E-state index contributed by atoms with van der Waals surface area (Å²) in [7, 11) is 0. The van der Waals surface area contributed by atoms with Crippen LogP contribution in [0.25, 0.3) is 0 Å². The molecule has 0 N–H and O–H groups in total. The van der Waals surface area contributed by atoms with E-state index in [1.807, 2.05) is 12.1 Å². The Balaban J connectivity index is 1.52. The minimum atomic E-state index is -0.0903. The van der Waals surface area contributed by atoms with Gasteiger partial charge in [-0.2, -0.15) is 0 Å². The fraction of sp³-hybridized carbons (Fsp3) is 0.294. The predicted octanol–water partition coefficient (Wildman–Crippen LogP) is 3.77. The zero-order valence-electron chi connectivity index (χ0n) is 13.3. The zero-order chi connectivity index (χ0) is 17.8. The van der Waals surface area contributed by atoms with Crippen LogP contribution >= 0.6 is 34.8 Å². The van der Waals surface area contributed by atoms with Crippen LogP contribution in [-0.4, -0.2) is 48.6 Å². The van der Waals surface area contributed by atoms with Crippen LogP contribution in [-0.2, 0) is 4.79 Å². The lowest BCUT2D eigenvalue weighted by molar-refractivity contribution is -0.133. The van der Waals surface area contributed by atoms with Crippen molar-refractivity contribution in [1.29, 1.82) is 0 Å². The van der Waals surface area contributed by atoms with Gasteiger partial charge in [0, 0.05) is 50.3 Å². The number of nitrogens with zero attached hydrogens (tertiary/aromatic N) is 3. The highest BCUT2D eigenvalue weighted by molar-refractivity contribution is 6.43. The third-order valence-corrected chi connectivity index (χ3v) is 5.00. The number of benzene rings is 1. The maximum absolute atomic E-state index is 12.3. The van der Waals surface area contributed by atoms with Crippen molar-refractivity contribution in [3.8, 4) is 5.75 Å². The molecule has 3 rings (SSSR count). The van der Waals surface area contributed by atoms with Crippen molar-refractivity contribution in [2.24, 2.45) is 0 Å². The first-order chi connectivity index (χ1) is 12.0. The Bertz CT molecular complexity index is 750. The summed E-state index contributed by atoms with van der Waals surface area (Å²) in [5, 5.41) is 1.00. The first kappa shape index (κ1) is 18.1. The molecule has 1 aromatic heterocycles. The largest absolute Gasteiger partial charge is 0.482 e. The number of carbonyl (C=O) groups is 1. The average Bonchev–Trinajstić information content (AvgIpc) is 2.64. The minimum absolute atomic E-state index is 0.0866. The number of halogens is 3. The molecule has 2 heterocycles. The van der Waals surface area contributed by atoms with Crippen LogP contribution in [0.4, 0.5) is 5.69 Å². The fourth-order valence-electron chi connectivity index (χ4n) is 2.61. The molecule has 25 heavy (non-hydrogen) atoms. The molecule has 2 aromatic rings. The van der Waals surface area contributed by atoms with Crippen LogP contribution in [0.5, 0.6) is 5.75 Å². The van der Waals surface area contributed by atoms with Gasteiger partial charge >= 0.3 is 0 Å². The van der Waals surface area contributed by atoms with Gasteiger partial charge in [-0.25, -0.2) is 0 Å². The molecule has 1 amide bonds. The van der Waals surface area contributed by atoms with Crippen molar-refractivity contribution in [2.75, 3.05) is 37.7 Å². The predicted molar refractivity (Wildman–Crippen MR) is 100.0 cm³/mol. The average molecular weight is 401 g/mol. The van der Waals surface area contributed by atoms with Crippen molar-refractivity contribution in [2.45, 2.75) is 0 Å². The van der Waals surface area contributed by atoms with Crippen molar-refractivity contribution in [3.05, 3.63) is 51.7 Å². The van der Waals surface area contributed by atoms with Crippen LogP contribution in [0, 0.1) is 0 Å². The second-order valence-corrected chi connectivity index (χ2v) is 6.78. The quantitative estimate of drug-likeness (QED) is 0.733. The lowest BCUT2D eigenvalue weighted by Gasteiger charge is -2.36. The van der Waals surface area contributed by atoms with Crippen LogP contribution in [0.2, 0.25) is 15.1 Å². The third-order valence-electron chi connectivity index (χ3n) is 3.99. The molecule has 0 spiro atoms. The van der Waals surface area contributed by atoms with E-state index in [1.54, 1.807) is 17.3 Å². The van der Waals surface area contributed by atoms with Crippen molar-refractivity contribution in [1.82, 2.24) is 9.88 Å². The summed E-state index contributed by atoms with van der Waals surface area (Å²) in [6, 6.07) is 6.94. The normalized spacial score (nSPS) is 14.5. The molecule has 1 aliphatic rings. The van der Waals surface area contributed by atoms with Gasteiger partial charge in [-0.05, 0) is 18.2 Å². The van der Waals surface area contributed by atoms with E-state index in [0.717, 1.165) is 18.8 Å². The third kappa shape index (κ3) is 4.48. The van der Waals surface area contributed by atoms with Gasteiger partial charge in [0.2, 0.25) is 0 Å². The fourth-order valence-corrected chi connectivity index (χ4v) is 3.21. The Morgan fingerprint density at radius 3 is 2.32 bits per heavy atom. The highest BCUT2D eigenvalue weighted by atomic mass is 35.5. The molecule has 1 aliphatic heterocycles. The molecule has 1 aromatic carbocycles. The van der Waals surface area contributed by atoms with E-state index in [0.29, 0.717) is 33.9 Å². The minimum Gasteiger partial charge on any atom is -0.482 e. The molecular weight excluding hydrogens is 385 g/mol. The smallest absolute Gasteiger partial charge is 0.260 e. The Hall–Kier alpha value is -1.69. The Labute approximate surface area is 161 Å². The van der Waals surface area contributed by atoms with Crippen LogP contribution in [0.15, 0.2) is 36.7 Å². The highest BCUT2D eigenvalue weighted by Gasteiger charge is 2.22. The zero-order valence-corrected chi connectivity index (χ0v) is 15.6. The maximum Gasteiger partial charge on any atom is 0.260 e. The number of ether oxygens (including phenoxy) is 1. The first-order valence-corrected chi connectivity index (χ1v) is 8.88. The Kier molecular flexibility index (Phi) is 5.89. The second-order valence-electron chi connectivity index (χ2n) is 5.56. The summed E-state index contributed by atoms with van der Waals surface area (Å²) in [4.78, 5) is 20.4. The Morgan fingerprint density at radius 1 is 1.00 bits per heavy atom. The summed E-state index contributed by atoms with van der Waals surface area (Å²) >= 11 is 17.9. The van der Waals surface area contributed by atoms with Crippen LogP contribution < -0.4 is 9.64 Å². The van der Waals surface area contributed by atoms with E-state index < -0.39 is 0 Å². The summed E-state index contributed by atoms with van der Waals surface area (Å²) < 4.78 is 5.51. The van der Waals surface area contributed by atoms with Gasteiger partial charge in [0.1, 0.15) is 5.75 Å². The number of rotatable bonds is 4. The number of carbonyl (C=O) groups excluding carboxylic acids is 1. The van der Waals surface area contributed by atoms with E-state index in [-0.39, 0.29) is 12.5 Å². The molecule has 0 saturated carbocycles. The molecule has 0 radical (unpaired) electrons. The molecule has 0 bridgehead atoms. The number of hydrogen-bond donors (Lipinski definition) is 0. The van der Waals surface area contributed by atoms with E-state index in [4.69, 9.17) is 39.5 Å². The number of piperazine rings is 1. The lowest BCUT2D eigenvalue weighted by atomic mass is 10.2. The van der Waals surface area contributed by atoms with Crippen molar-refractivity contribution in [3.63, 3.8) is 0 Å². The van der Waals surface area contributed by atoms with E-state index in [2.05, 4.69) is 9.88 Å². The molecule has 5 nitrogen and oxygen atoms in total. The SMILES string of the molecule is O=C(COc1cc(Cl)c(Cl)cc1Cl)N1CCN(c2ccncc2)CC1. The van der Waals surface area contributed by atoms with E-state index in [1.165, 1.54) is 12.1 Å². The summed E-state index contributed by atoms with van der Waals surface area (Å²) in [5.74, 6) is 0.261. The van der Waals surface area contributed by atoms with E-state index in [9.17, 15) is 4.79 Å². The maximum atomic E-state index is 12.3. The topological polar surface area (TPSA) is 45.7 Å². The molecule has 1 saturated heterocycles. The highest BCUT2D eigenvalue weighted by Crippen LogP contribution is 2.33. The van der Waals surface area contributed by atoms with Gasteiger partial charge in [-0.15, -0.1) is 0 Å². The molecule has 0 atom stereocenters. The summed E-state index contributed by atoms with van der Waals surface area (Å²) in [5.41, 5.74) is 1.11. The number of amides is 1. The molecule has 0 aliphatic carbocycles. The monoisotopic (exact) mass is 399 g/mol. The molecule has 132 valence electrons. The molecule has 8 heteroatoms. The Morgan fingerprint density at radius 2 is 1.64 bits per heavy atom. The molecule has 1 fully saturated rings.